The van der Waals surface area contributed by atoms with E-state index < -0.39 is 23.0 Å². The first-order valence-corrected chi connectivity index (χ1v) is 9.74. The summed E-state index contributed by atoms with van der Waals surface area (Å²) in [5.41, 5.74) is 0.345. The molecule has 3 rings (SSSR count). The first kappa shape index (κ1) is 22.4. The van der Waals surface area contributed by atoms with Crippen molar-refractivity contribution in [1.29, 1.82) is 5.26 Å². The van der Waals surface area contributed by atoms with Crippen LogP contribution in [0.2, 0.25) is 0 Å². The number of nitriles is 1. The van der Waals surface area contributed by atoms with E-state index in [0.29, 0.717) is 17.9 Å². The molecule has 1 aromatic heterocycles. The minimum Gasteiger partial charge on any atom is -0.457 e. The lowest BCUT2D eigenvalue weighted by Gasteiger charge is -2.21. The minimum atomic E-state index is -4.53. The molecular formula is C22H17ClF3N3O2. The van der Waals surface area contributed by atoms with Crippen LogP contribution < -0.4 is 10.1 Å². The highest BCUT2D eigenvalue weighted by molar-refractivity contribution is 6.22. The van der Waals surface area contributed by atoms with Gasteiger partial charge in [-0.1, -0.05) is 18.2 Å². The summed E-state index contributed by atoms with van der Waals surface area (Å²) in [6, 6.07) is 12.1. The van der Waals surface area contributed by atoms with Crippen LogP contribution in [-0.4, -0.2) is 22.4 Å². The van der Waals surface area contributed by atoms with Crippen LogP contribution in [0.25, 0.3) is 0 Å². The summed E-state index contributed by atoms with van der Waals surface area (Å²) in [5, 5.41) is 10.2. The summed E-state index contributed by atoms with van der Waals surface area (Å²) in [7, 11) is 0. The molecule has 1 N–H and O–H groups in total. The summed E-state index contributed by atoms with van der Waals surface area (Å²) in [6.45, 7) is 0. The monoisotopic (exact) mass is 447 g/mol. The van der Waals surface area contributed by atoms with Crippen LogP contribution in [0.3, 0.4) is 0 Å². The third-order valence-corrected chi connectivity index (χ3v) is 4.86. The molecule has 0 aliphatic heterocycles. The number of carbonyl (C=O) groups is 1. The number of nitrogens with zero attached hydrogens (tertiary/aromatic N) is 2. The second-order valence-electron chi connectivity index (χ2n) is 6.74. The van der Waals surface area contributed by atoms with E-state index in [4.69, 9.17) is 21.6 Å². The number of aryl methyl sites for hydroxylation is 1. The van der Waals surface area contributed by atoms with Crippen LogP contribution in [0.5, 0.6) is 11.5 Å². The molecule has 1 heterocycles. The van der Waals surface area contributed by atoms with Gasteiger partial charge in [0.1, 0.15) is 23.3 Å². The molecule has 1 aliphatic carbocycles. The zero-order valence-electron chi connectivity index (χ0n) is 16.1. The first-order chi connectivity index (χ1) is 14.7. The number of rotatable bonds is 6. The molecule has 0 radical (unpaired) electrons. The average molecular weight is 448 g/mol. The zero-order chi connectivity index (χ0) is 22.4. The number of aromatic nitrogens is 1. The predicted octanol–water partition coefficient (Wildman–Crippen LogP) is 5.18. The van der Waals surface area contributed by atoms with Crippen LogP contribution in [0.1, 0.15) is 24.1 Å². The Morgan fingerprint density at radius 1 is 1.26 bits per heavy atom. The summed E-state index contributed by atoms with van der Waals surface area (Å²) in [5.74, 6) is 0.638. The predicted molar refractivity (Wildman–Crippen MR) is 108 cm³/mol. The lowest BCUT2D eigenvalue weighted by atomic mass is 10.0. The van der Waals surface area contributed by atoms with E-state index >= 15 is 0 Å². The van der Waals surface area contributed by atoms with Crippen molar-refractivity contribution < 1.29 is 22.7 Å². The van der Waals surface area contributed by atoms with E-state index in [-0.39, 0.29) is 24.2 Å². The zero-order valence-corrected chi connectivity index (χ0v) is 16.9. The van der Waals surface area contributed by atoms with Gasteiger partial charge in [0.25, 0.3) is 0 Å². The highest BCUT2D eigenvalue weighted by Crippen LogP contribution is 2.35. The number of allylic oxidation sites excluding steroid dienone is 3. The van der Waals surface area contributed by atoms with E-state index in [2.05, 4.69) is 10.3 Å². The Bertz CT molecular complexity index is 1060. The molecule has 0 spiro atoms. The topological polar surface area (TPSA) is 75.0 Å². The van der Waals surface area contributed by atoms with Gasteiger partial charge < -0.3 is 10.1 Å². The van der Waals surface area contributed by atoms with Crippen molar-refractivity contribution in [3.63, 3.8) is 0 Å². The maximum Gasteiger partial charge on any atom is 0.414 e. The molecule has 1 aliphatic rings. The van der Waals surface area contributed by atoms with Gasteiger partial charge in [0, 0.05) is 24.4 Å². The number of halogens is 4. The lowest BCUT2D eigenvalue weighted by molar-refractivity contribution is -0.120. The first-order valence-electron chi connectivity index (χ1n) is 9.30. The van der Waals surface area contributed by atoms with Crippen molar-refractivity contribution >= 4 is 17.5 Å². The molecule has 1 aromatic carbocycles. The molecule has 1 atom stereocenters. The van der Waals surface area contributed by atoms with Gasteiger partial charge in [-0.2, -0.15) is 18.4 Å². The van der Waals surface area contributed by atoms with Crippen molar-refractivity contribution in [2.24, 2.45) is 0 Å². The summed E-state index contributed by atoms with van der Waals surface area (Å²) in [4.78, 5) is 16.0. The van der Waals surface area contributed by atoms with Gasteiger partial charge in [0.15, 0.2) is 0 Å². The van der Waals surface area contributed by atoms with E-state index in [1.165, 1.54) is 18.3 Å². The fourth-order valence-corrected chi connectivity index (χ4v) is 3.17. The Balaban J connectivity index is 1.53. The third kappa shape index (κ3) is 6.33. The number of carbonyl (C=O) groups excluding carboxylic acids is 1. The molecule has 0 saturated carbocycles. The number of amides is 1. The average Bonchev–Trinajstić information content (AvgIpc) is 2.74. The smallest absolute Gasteiger partial charge is 0.414 e. The molecule has 0 fully saturated rings. The summed E-state index contributed by atoms with van der Waals surface area (Å²) >= 11 is 5.72. The molecule has 0 bridgehead atoms. The summed E-state index contributed by atoms with van der Waals surface area (Å²) in [6.07, 6.45) is -0.198. The van der Waals surface area contributed by atoms with Gasteiger partial charge in [-0.15, -0.1) is 11.6 Å². The van der Waals surface area contributed by atoms with Gasteiger partial charge in [-0.3, -0.25) is 4.79 Å². The number of alkyl halides is 4. The van der Waals surface area contributed by atoms with Crippen molar-refractivity contribution in [2.75, 3.05) is 0 Å². The fourth-order valence-electron chi connectivity index (χ4n) is 2.90. The van der Waals surface area contributed by atoms with Gasteiger partial charge in [0.05, 0.1) is 11.0 Å². The number of ether oxygens (including phenoxy) is 1. The maximum absolute atomic E-state index is 13.0. The van der Waals surface area contributed by atoms with Gasteiger partial charge in [-0.05, 0) is 42.7 Å². The van der Waals surface area contributed by atoms with E-state index in [1.807, 2.05) is 6.07 Å². The van der Waals surface area contributed by atoms with Crippen molar-refractivity contribution in [3.05, 3.63) is 77.3 Å². The standard InChI is InChI=1S/C22H17ClF3N3O2/c23-20-7-4-15(12-19(20)22(24,25)26)29-21(30)8-3-14-1-5-17(6-2-14)31-18-9-10-28-16(11-18)13-27/h1-2,4-6,9-12,20H,3,7-8H2,(H,29,30). The quantitative estimate of drug-likeness (QED) is 0.619. The van der Waals surface area contributed by atoms with E-state index in [9.17, 15) is 18.0 Å². The molecular weight excluding hydrogens is 431 g/mol. The summed E-state index contributed by atoms with van der Waals surface area (Å²) < 4.78 is 44.5. The maximum atomic E-state index is 13.0. The second kappa shape index (κ2) is 9.67. The Hall–Kier alpha value is -3.31. The largest absolute Gasteiger partial charge is 0.457 e. The molecule has 1 amide bonds. The molecule has 5 nitrogen and oxygen atoms in total. The van der Waals surface area contributed by atoms with Crippen LogP contribution in [0.15, 0.2) is 66.0 Å². The van der Waals surface area contributed by atoms with Crippen LogP contribution in [0, 0.1) is 11.3 Å². The Labute approximate surface area is 181 Å². The highest BCUT2D eigenvalue weighted by Gasteiger charge is 2.39. The fraction of sp³-hybridized carbons (Fsp3) is 0.227. The normalized spacial score (nSPS) is 16.0. The third-order valence-electron chi connectivity index (χ3n) is 4.45. The van der Waals surface area contributed by atoms with E-state index in [0.717, 1.165) is 11.6 Å². The van der Waals surface area contributed by atoms with Crippen molar-refractivity contribution in [2.45, 2.75) is 30.8 Å². The lowest BCUT2D eigenvalue weighted by Crippen LogP contribution is -2.28. The Morgan fingerprint density at radius 2 is 2.00 bits per heavy atom. The van der Waals surface area contributed by atoms with Gasteiger partial charge >= 0.3 is 6.18 Å². The van der Waals surface area contributed by atoms with E-state index in [1.54, 1.807) is 30.3 Å². The van der Waals surface area contributed by atoms with Crippen LogP contribution >= 0.6 is 11.6 Å². The van der Waals surface area contributed by atoms with Crippen LogP contribution in [-0.2, 0) is 11.2 Å². The molecule has 160 valence electrons. The minimum absolute atomic E-state index is 0.00267. The SMILES string of the molecule is N#Cc1cc(Oc2ccc(CCC(=O)NC3=CCC(Cl)C(C(F)(F)F)=C3)cc2)ccn1. The van der Waals surface area contributed by atoms with Gasteiger partial charge in [-0.25, -0.2) is 4.98 Å². The number of benzene rings is 1. The number of hydrogen-bond acceptors (Lipinski definition) is 4. The molecule has 9 heteroatoms. The molecule has 0 saturated heterocycles. The number of pyridine rings is 1. The number of hydrogen-bond donors (Lipinski definition) is 1. The Morgan fingerprint density at radius 3 is 2.68 bits per heavy atom. The highest BCUT2D eigenvalue weighted by atomic mass is 35.5. The second-order valence-corrected chi connectivity index (χ2v) is 7.27. The van der Waals surface area contributed by atoms with Crippen molar-refractivity contribution in [3.8, 4) is 17.6 Å². The number of nitrogens with one attached hydrogen (secondary N) is 1. The molecule has 1 unspecified atom stereocenters. The van der Waals surface area contributed by atoms with Gasteiger partial charge in [0.2, 0.25) is 5.91 Å². The Kier molecular flexibility index (Phi) is 6.98. The molecule has 31 heavy (non-hydrogen) atoms. The van der Waals surface area contributed by atoms with Crippen LogP contribution in [0.4, 0.5) is 13.2 Å². The van der Waals surface area contributed by atoms with Crippen molar-refractivity contribution in [1.82, 2.24) is 10.3 Å². The molecule has 2 aromatic rings.